The van der Waals surface area contributed by atoms with Crippen molar-refractivity contribution in [2.24, 2.45) is 0 Å². The third-order valence-corrected chi connectivity index (χ3v) is 7.21. The number of carbonyl (C=O) groups excluding carboxylic acids is 2. The van der Waals surface area contributed by atoms with Crippen LogP contribution in [0.5, 0.6) is 11.5 Å². The van der Waals surface area contributed by atoms with Crippen LogP contribution in [0.15, 0.2) is 36.4 Å². The van der Waals surface area contributed by atoms with E-state index in [-0.39, 0.29) is 24.9 Å². The Kier molecular flexibility index (Phi) is 8.32. The van der Waals surface area contributed by atoms with Crippen molar-refractivity contribution in [3.63, 3.8) is 0 Å². The average molecular weight is 558 g/mol. The first-order valence-corrected chi connectivity index (χ1v) is 13.7. The molecule has 0 bridgehead atoms. The number of sulfonamides is 1. The van der Waals surface area contributed by atoms with E-state index in [9.17, 15) is 18.0 Å². The van der Waals surface area contributed by atoms with Gasteiger partial charge in [-0.1, -0.05) is 29.3 Å². The summed E-state index contributed by atoms with van der Waals surface area (Å²) in [7, 11) is -3.87. The number of anilines is 1. The number of benzene rings is 2. The maximum Gasteiger partial charge on any atom is 0.244 e. The number of carbonyl (C=O) groups is 2. The van der Waals surface area contributed by atoms with Gasteiger partial charge in [-0.25, -0.2) is 8.42 Å². The molecule has 2 aromatic carbocycles. The zero-order valence-electron chi connectivity index (χ0n) is 20.7. The second kappa shape index (κ2) is 10.7. The Hall–Kier alpha value is -2.69. The van der Waals surface area contributed by atoms with Gasteiger partial charge in [0.1, 0.15) is 12.6 Å². The van der Waals surface area contributed by atoms with Crippen LogP contribution < -0.4 is 19.1 Å². The van der Waals surface area contributed by atoms with E-state index in [1.54, 1.807) is 31.2 Å². The van der Waals surface area contributed by atoms with Crippen molar-refractivity contribution in [1.29, 1.82) is 0 Å². The lowest BCUT2D eigenvalue weighted by Crippen LogP contribution is -2.54. The van der Waals surface area contributed by atoms with Crippen LogP contribution in [0.3, 0.4) is 0 Å². The van der Waals surface area contributed by atoms with Gasteiger partial charge in [0.05, 0.1) is 22.0 Å². The predicted octanol–water partition coefficient (Wildman–Crippen LogP) is 3.82. The highest BCUT2D eigenvalue weighted by atomic mass is 35.5. The van der Waals surface area contributed by atoms with Crippen LogP contribution in [0.25, 0.3) is 0 Å². The van der Waals surface area contributed by atoms with Crippen LogP contribution in [0.1, 0.15) is 33.3 Å². The summed E-state index contributed by atoms with van der Waals surface area (Å²) >= 11 is 12.2. The monoisotopic (exact) mass is 557 g/mol. The Balaban J connectivity index is 1.94. The van der Waals surface area contributed by atoms with Crippen molar-refractivity contribution < 1.29 is 27.5 Å². The highest BCUT2D eigenvalue weighted by Crippen LogP contribution is 2.36. The second-order valence-corrected chi connectivity index (χ2v) is 12.2. The zero-order chi connectivity index (χ0) is 26.8. The smallest absolute Gasteiger partial charge is 0.244 e. The highest BCUT2D eigenvalue weighted by Gasteiger charge is 2.32. The Morgan fingerprint density at radius 1 is 1.06 bits per heavy atom. The van der Waals surface area contributed by atoms with Crippen molar-refractivity contribution in [2.75, 3.05) is 23.9 Å². The lowest BCUT2D eigenvalue weighted by molar-refractivity contribution is -0.140. The SMILES string of the molecule is C[C@@H](C(=O)NC(C)(C)C)N(Cc1ccc(Cl)c(Cl)c1)C(=O)CN(c1ccc2c(c1)OCO2)S(C)(=O)=O. The Labute approximate surface area is 221 Å². The van der Waals surface area contributed by atoms with E-state index in [0.29, 0.717) is 27.1 Å². The molecule has 0 spiro atoms. The van der Waals surface area contributed by atoms with Crippen molar-refractivity contribution in [3.8, 4) is 11.5 Å². The minimum Gasteiger partial charge on any atom is -0.454 e. The van der Waals surface area contributed by atoms with E-state index in [1.165, 1.54) is 17.0 Å². The van der Waals surface area contributed by atoms with Crippen LogP contribution >= 0.6 is 23.2 Å². The van der Waals surface area contributed by atoms with Crippen molar-refractivity contribution in [2.45, 2.75) is 45.8 Å². The predicted molar refractivity (Wildman–Crippen MR) is 139 cm³/mol. The first kappa shape index (κ1) is 27.9. The minimum atomic E-state index is -3.87. The first-order valence-electron chi connectivity index (χ1n) is 11.1. The van der Waals surface area contributed by atoms with Crippen molar-refractivity contribution >= 4 is 50.7 Å². The number of halogens is 2. The molecule has 2 amide bonds. The van der Waals surface area contributed by atoms with Gasteiger partial charge in [-0.15, -0.1) is 0 Å². The molecule has 0 aromatic heterocycles. The molecule has 1 aliphatic rings. The molecule has 2 aromatic rings. The Morgan fingerprint density at radius 3 is 2.33 bits per heavy atom. The van der Waals surface area contributed by atoms with E-state index < -0.39 is 34.1 Å². The molecular weight excluding hydrogens is 529 g/mol. The average Bonchev–Trinajstić information content (AvgIpc) is 3.23. The number of ether oxygens (including phenoxy) is 2. The van der Waals surface area contributed by atoms with E-state index in [4.69, 9.17) is 32.7 Å². The van der Waals surface area contributed by atoms with Gasteiger partial charge < -0.3 is 19.7 Å². The molecule has 1 atom stereocenters. The Morgan fingerprint density at radius 2 is 1.72 bits per heavy atom. The fourth-order valence-electron chi connectivity index (χ4n) is 3.55. The molecule has 12 heteroatoms. The number of amides is 2. The molecule has 0 saturated carbocycles. The standard InChI is InChI=1S/C24H29Cl2N3O6S/c1-15(23(31)27-24(2,3)4)28(12-16-6-8-18(25)19(26)10-16)22(30)13-29(36(5,32)33)17-7-9-20-21(11-17)35-14-34-20/h6-11,15H,12-14H2,1-5H3,(H,27,31)/t15-/m0/s1. The first-order chi connectivity index (χ1) is 16.7. The molecule has 1 aliphatic heterocycles. The third-order valence-electron chi connectivity index (χ3n) is 5.33. The van der Waals surface area contributed by atoms with E-state index in [0.717, 1.165) is 10.6 Å². The summed E-state index contributed by atoms with van der Waals surface area (Å²) in [4.78, 5) is 27.9. The highest BCUT2D eigenvalue weighted by molar-refractivity contribution is 7.92. The molecule has 0 aliphatic carbocycles. The molecular formula is C24H29Cl2N3O6S. The van der Waals surface area contributed by atoms with E-state index in [1.807, 2.05) is 20.8 Å². The van der Waals surface area contributed by atoms with Gasteiger partial charge >= 0.3 is 0 Å². The van der Waals surface area contributed by atoms with Crippen molar-refractivity contribution in [1.82, 2.24) is 10.2 Å². The lowest BCUT2D eigenvalue weighted by atomic mass is 10.1. The summed E-state index contributed by atoms with van der Waals surface area (Å²) < 4.78 is 37.0. The van der Waals surface area contributed by atoms with Crippen LogP contribution in [-0.4, -0.2) is 56.3 Å². The second-order valence-electron chi connectivity index (χ2n) is 9.49. The van der Waals surface area contributed by atoms with Gasteiger partial charge in [0.15, 0.2) is 11.5 Å². The quantitative estimate of drug-likeness (QED) is 0.528. The van der Waals surface area contributed by atoms with Gasteiger partial charge in [0.2, 0.25) is 28.6 Å². The molecule has 1 N–H and O–H groups in total. The number of nitrogens with one attached hydrogen (secondary N) is 1. The van der Waals surface area contributed by atoms with E-state index >= 15 is 0 Å². The number of hydrogen-bond donors (Lipinski definition) is 1. The largest absolute Gasteiger partial charge is 0.454 e. The van der Waals surface area contributed by atoms with Crippen molar-refractivity contribution in [3.05, 3.63) is 52.0 Å². The fraction of sp³-hybridized carbons (Fsp3) is 0.417. The number of hydrogen-bond acceptors (Lipinski definition) is 6. The molecule has 3 rings (SSSR count). The summed E-state index contributed by atoms with van der Waals surface area (Å²) in [6.07, 6.45) is 1.00. The molecule has 0 unspecified atom stereocenters. The van der Waals surface area contributed by atoms with Crippen LogP contribution in [0.4, 0.5) is 5.69 Å². The van der Waals surface area contributed by atoms with Gasteiger partial charge in [0.25, 0.3) is 0 Å². The number of rotatable bonds is 8. The maximum atomic E-state index is 13.6. The summed E-state index contributed by atoms with van der Waals surface area (Å²) in [6, 6.07) is 8.57. The van der Waals surface area contributed by atoms with Crippen LogP contribution in [0, 0.1) is 0 Å². The normalized spacial score (nSPS) is 13.8. The molecule has 0 saturated heterocycles. The van der Waals surface area contributed by atoms with Gasteiger partial charge in [0, 0.05) is 18.2 Å². The zero-order valence-corrected chi connectivity index (χ0v) is 23.0. The minimum absolute atomic E-state index is 0.00714. The molecule has 0 fully saturated rings. The summed E-state index contributed by atoms with van der Waals surface area (Å²) in [6.45, 7) is 6.56. The van der Waals surface area contributed by atoms with Gasteiger partial charge in [-0.2, -0.15) is 0 Å². The third kappa shape index (κ3) is 6.96. The maximum absolute atomic E-state index is 13.6. The fourth-order valence-corrected chi connectivity index (χ4v) is 4.71. The van der Waals surface area contributed by atoms with Gasteiger partial charge in [-0.3, -0.25) is 13.9 Å². The molecule has 36 heavy (non-hydrogen) atoms. The van der Waals surface area contributed by atoms with Crippen LogP contribution in [0.2, 0.25) is 10.0 Å². The summed E-state index contributed by atoms with van der Waals surface area (Å²) in [5.41, 5.74) is 0.327. The molecule has 9 nitrogen and oxygen atoms in total. The molecule has 1 heterocycles. The van der Waals surface area contributed by atoms with Gasteiger partial charge in [-0.05, 0) is 57.5 Å². The number of nitrogens with zero attached hydrogens (tertiary/aromatic N) is 2. The number of fused-ring (bicyclic) bond motifs is 1. The van der Waals surface area contributed by atoms with Crippen LogP contribution in [-0.2, 0) is 26.2 Å². The Bertz CT molecular complexity index is 1260. The summed E-state index contributed by atoms with van der Waals surface area (Å²) in [5, 5.41) is 3.51. The molecule has 0 radical (unpaired) electrons. The topological polar surface area (TPSA) is 105 Å². The lowest BCUT2D eigenvalue weighted by Gasteiger charge is -2.33. The molecule has 196 valence electrons. The summed E-state index contributed by atoms with van der Waals surface area (Å²) in [5.74, 6) is -0.114. The van der Waals surface area contributed by atoms with E-state index in [2.05, 4.69) is 5.32 Å².